The number of ether oxygens (including phenoxy) is 3. The van der Waals surface area contributed by atoms with Crippen LogP contribution in [0.5, 0.6) is 17.4 Å². The van der Waals surface area contributed by atoms with Crippen LogP contribution in [0.2, 0.25) is 0 Å². The first-order valence-electron chi connectivity index (χ1n) is 5.80. The van der Waals surface area contributed by atoms with E-state index in [1.54, 1.807) is 13.3 Å². The maximum atomic E-state index is 5.90. The van der Waals surface area contributed by atoms with Crippen LogP contribution in [0, 0.1) is 0 Å². The van der Waals surface area contributed by atoms with Crippen LogP contribution < -0.4 is 14.2 Å². The zero-order chi connectivity index (χ0) is 13.2. The minimum absolute atomic E-state index is 0. The topological polar surface area (TPSA) is 40.6 Å². The summed E-state index contributed by atoms with van der Waals surface area (Å²) in [5, 5.41) is 0. The van der Waals surface area contributed by atoms with Gasteiger partial charge in [0.25, 0.3) is 0 Å². The Morgan fingerprint density at radius 1 is 1.30 bits per heavy atom. The minimum Gasteiger partial charge on any atom is -0.481 e. The molecule has 0 saturated carbocycles. The Morgan fingerprint density at radius 3 is 2.80 bits per heavy atom. The Labute approximate surface area is 128 Å². The second-order valence-electron chi connectivity index (χ2n) is 4.10. The monoisotopic (exact) mass is 313 g/mol. The first-order chi connectivity index (χ1) is 9.31. The minimum atomic E-state index is 0. The van der Waals surface area contributed by atoms with Crippen molar-refractivity contribution in [2.45, 2.75) is 5.88 Å². The number of aromatic nitrogens is 1. The van der Waals surface area contributed by atoms with Crippen LogP contribution in [0.1, 0.15) is 5.56 Å². The molecule has 0 aliphatic carbocycles. The molecule has 1 aliphatic heterocycles. The van der Waals surface area contributed by atoms with Crippen LogP contribution in [-0.4, -0.2) is 18.9 Å². The lowest BCUT2D eigenvalue weighted by Gasteiger charge is -2.08. The Hall–Kier alpha value is -1.65. The fraction of sp³-hybridized carbons (Fsp3) is 0.214. The summed E-state index contributed by atoms with van der Waals surface area (Å²) < 4.78 is 16.0. The molecule has 0 bridgehead atoms. The van der Waals surface area contributed by atoms with E-state index in [1.807, 2.05) is 24.3 Å². The highest BCUT2D eigenvalue weighted by atomic mass is 35.5. The molecule has 0 amide bonds. The van der Waals surface area contributed by atoms with Crippen LogP contribution in [-0.2, 0) is 5.88 Å². The van der Waals surface area contributed by atoms with E-state index in [2.05, 4.69) is 4.98 Å². The van der Waals surface area contributed by atoms with Gasteiger partial charge in [-0.1, -0.05) is 0 Å². The number of hydrogen-bond donors (Lipinski definition) is 0. The molecule has 1 aromatic carbocycles. The van der Waals surface area contributed by atoms with Crippen LogP contribution >= 0.6 is 24.0 Å². The van der Waals surface area contributed by atoms with Crippen LogP contribution in [0.15, 0.2) is 30.5 Å². The van der Waals surface area contributed by atoms with Crippen LogP contribution in [0.25, 0.3) is 11.1 Å². The molecule has 1 aliphatic rings. The Bertz CT molecular complexity index is 602. The van der Waals surface area contributed by atoms with E-state index in [0.717, 1.165) is 28.2 Å². The summed E-state index contributed by atoms with van der Waals surface area (Å²) in [7, 11) is 1.59. The van der Waals surface area contributed by atoms with Gasteiger partial charge in [-0.05, 0) is 23.8 Å². The lowest BCUT2D eigenvalue weighted by molar-refractivity contribution is 0.174. The zero-order valence-electron chi connectivity index (χ0n) is 10.8. The molecule has 0 unspecified atom stereocenters. The van der Waals surface area contributed by atoms with Gasteiger partial charge in [-0.3, -0.25) is 0 Å². The molecule has 0 spiro atoms. The van der Waals surface area contributed by atoms with Gasteiger partial charge >= 0.3 is 0 Å². The molecule has 0 fully saturated rings. The number of nitrogens with zero attached hydrogens (tertiary/aromatic N) is 1. The Kier molecular flexibility index (Phi) is 4.57. The van der Waals surface area contributed by atoms with Gasteiger partial charge in [0.2, 0.25) is 12.7 Å². The average molecular weight is 314 g/mol. The fourth-order valence-corrected chi connectivity index (χ4v) is 2.17. The highest BCUT2D eigenvalue weighted by Crippen LogP contribution is 2.42. The molecule has 0 atom stereocenters. The standard InChI is InChI=1S/C14H12ClNO3.ClH/c1-17-13-3-2-10(7-16-13)11-4-9(6-15)5-12-14(11)19-8-18-12;/h2-5,7H,6,8H2,1H3;1H. The summed E-state index contributed by atoms with van der Waals surface area (Å²) in [6.45, 7) is 0.234. The molecule has 2 aromatic rings. The molecule has 0 N–H and O–H groups in total. The lowest BCUT2D eigenvalue weighted by Crippen LogP contribution is -1.93. The smallest absolute Gasteiger partial charge is 0.231 e. The summed E-state index contributed by atoms with van der Waals surface area (Å²) in [5.74, 6) is 2.46. The Balaban J connectivity index is 0.00000147. The van der Waals surface area contributed by atoms with Crippen LogP contribution in [0.4, 0.5) is 0 Å². The molecule has 3 rings (SSSR count). The molecule has 20 heavy (non-hydrogen) atoms. The number of halogens is 2. The van der Waals surface area contributed by atoms with Crippen molar-refractivity contribution in [3.63, 3.8) is 0 Å². The van der Waals surface area contributed by atoms with E-state index >= 15 is 0 Å². The first-order valence-corrected chi connectivity index (χ1v) is 6.34. The van der Waals surface area contributed by atoms with Gasteiger partial charge in [0.1, 0.15) is 0 Å². The third-order valence-electron chi connectivity index (χ3n) is 2.94. The third kappa shape index (κ3) is 2.62. The van der Waals surface area contributed by atoms with Gasteiger partial charge in [0.15, 0.2) is 11.5 Å². The number of fused-ring (bicyclic) bond motifs is 1. The van der Waals surface area contributed by atoms with E-state index < -0.39 is 0 Å². The normalized spacial score (nSPS) is 11.9. The predicted molar refractivity (Wildman–Crippen MR) is 79.2 cm³/mol. The number of methoxy groups -OCH3 is 1. The lowest BCUT2D eigenvalue weighted by atomic mass is 10.0. The van der Waals surface area contributed by atoms with Gasteiger partial charge < -0.3 is 14.2 Å². The predicted octanol–water partition coefficient (Wildman–Crippen LogP) is 3.65. The van der Waals surface area contributed by atoms with Crippen molar-refractivity contribution in [2.75, 3.05) is 13.9 Å². The third-order valence-corrected chi connectivity index (χ3v) is 3.25. The van der Waals surface area contributed by atoms with Crippen molar-refractivity contribution >= 4 is 24.0 Å². The SMILES string of the molecule is COc1ccc(-c2cc(CCl)cc3c2OCO3)cn1.Cl. The Morgan fingerprint density at radius 2 is 2.15 bits per heavy atom. The van der Waals surface area contributed by atoms with Gasteiger partial charge in [-0.15, -0.1) is 24.0 Å². The number of alkyl halides is 1. The molecule has 6 heteroatoms. The number of hydrogen-bond acceptors (Lipinski definition) is 4. The van der Waals surface area contributed by atoms with E-state index in [-0.39, 0.29) is 19.2 Å². The highest BCUT2D eigenvalue weighted by molar-refractivity contribution is 6.17. The quantitative estimate of drug-likeness (QED) is 0.811. The van der Waals surface area contributed by atoms with Gasteiger partial charge in [0.05, 0.1) is 7.11 Å². The van der Waals surface area contributed by atoms with Crippen molar-refractivity contribution < 1.29 is 14.2 Å². The largest absolute Gasteiger partial charge is 0.481 e. The molecular weight excluding hydrogens is 301 g/mol. The van der Waals surface area contributed by atoms with E-state index in [9.17, 15) is 0 Å². The van der Waals surface area contributed by atoms with Crippen molar-refractivity contribution in [3.05, 3.63) is 36.0 Å². The van der Waals surface area contributed by atoms with E-state index in [0.29, 0.717) is 11.8 Å². The summed E-state index contributed by atoms with van der Waals surface area (Å²) in [6.07, 6.45) is 1.74. The molecule has 0 saturated heterocycles. The summed E-state index contributed by atoms with van der Waals surface area (Å²) in [6, 6.07) is 7.63. The summed E-state index contributed by atoms with van der Waals surface area (Å²) in [4.78, 5) is 4.20. The van der Waals surface area contributed by atoms with Crippen molar-refractivity contribution in [1.29, 1.82) is 0 Å². The fourth-order valence-electron chi connectivity index (χ4n) is 2.02. The number of pyridine rings is 1. The van der Waals surface area contributed by atoms with Crippen molar-refractivity contribution in [1.82, 2.24) is 4.98 Å². The molecular formula is C14H13Cl2NO3. The first kappa shape index (κ1) is 14.8. The van der Waals surface area contributed by atoms with E-state index in [4.69, 9.17) is 25.8 Å². The maximum Gasteiger partial charge on any atom is 0.231 e. The molecule has 106 valence electrons. The number of rotatable bonds is 3. The van der Waals surface area contributed by atoms with E-state index in [1.165, 1.54) is 0 Å². The van der Waals surface area contributed by atoms with Gasteiger partial charge in [0, 0.05) is 29.3 Å². The number of benzene rings is 1. The average Bonchev–Trinajstić information content (AvgIpc) is 2.94. The molecule has 4 nitrogen and oxygen atoms in total. The van der Waals surface area contributed by atoms with Crippen molar-refractivity contribution in [2.24, 2.45) is 0 Å². The molecule has 1 aromatic heterocycles. The molecule has 2 heterocycles. The maximum absolute atomic E-state index is 5.90. The van der Waals surface area contributed by atoms with Crippen LogP contribution in [0.3, 0.4) is 0 Å². The van der Waals surface area contributed by atoms with Gasteiger partial charge in [-0.25, -0.2) is 4.98 Å². The van der Waals surface area contributed by atoms with Crippen molar-refractivity contribution in [3.8, 4) is 28.5 Å². The zero-order valence-corrected chi connectivity index (χ0v) is 12.3. The second kappa shape index (κ2) is 6.20. The highest BCUT2D eigenvalue weighted by Gasteiger charge is 2.20. The molecule has 0 radical (unpaired) electrons. The summed E-state index contributed by atoms with van der Waals surface area (Å²) >= 11 is 5.90. The second-order valence-corrected chi connectivity index (χ2v) is 4.37. The summed E-state index contributed by atoms with van der Waals surface area (Å²) in [5.41, 5.74) is 2.85. The van der Waals surface area contributed by atoms with Gasteiger partial charge in [-0.2, -0.15) is 0 Å².